The van der Waals surface area contributed by atoms with E-state index >= 15 is 0 Å². The zero-order chi connectivity index (χ0) is 22.8. The fourth-order valence-electron chi connectivity index (χ4n) is 5.06. The normalized spacial score (nSPS) is 20.5. The number of nitrogens with one attached hydrogen (secondary N) is 2. The van der Waals surface area contributed by atoms with Crippen molar-refractivity contribution in [3.05, 3.63) is 95.6 Å². The highest BCUT2D eigenvalue weighted by molar-refractivity contribution is 5.91. The molecular formula is C28H28N2O3. The van der Waals surface area contributed by atoms with Crippen LogP contribution >= 0.6 is 0 Å². The van der Waals surface area contributed by atoms with Gasteiger partial charge < -0.3 is 20.5 Å². The maximum Gasteiger partial charge on any atom is 0.224 e. The molecule has 5 heteroatoms. The van der Waals surface area contributed by atoms with E-state index in [1.807, 2.05) is 54.6 Å². The summed E-state index contributed by atoms with van der Waals surface area (Å²) in [5.41, 5.74) is 5.02. The first-order valence-corrected chi connectivity index (χ1v) is 11.4. The minimum Gasteiger partial charge on any atom is -0.504 e. The third kappa shape index (κ3) is 4.19. The summed E-state index contributed by atoms with van der Waals surface area (Å²) in [5, 5.41) is 17.4. The molecule has 5 rings (SSSR count). The van der Waals surface area contributed by atoms with Gasteiger partial charge in [0.15, 0.2) is 11.5 Å². The van der Waals surface area contributed by atoms with E-state index in [1.54, 1.807) is 13.2 Å². The molecule has 3 unspecified atom stereocenters. The number of phenols is 1. The summed E-state index contributed by atoms with van der Waals surface area (Å²) in [7, 11) is 1.57. The minimum absolute atomic E-state index is 0.0141. The molecule has 1 aliphatic carbocycles. The van der Waals surface area contributed by atoms with Crippen LogP contribution in [0.4, 0.5) is 11.4 Å². The Morgan fingerprint density at radius 2 is 1.94 bits per heavy atom. The standard InChI is InChI=1S/C28H28N2O3/c1-33-25-12-6-11-22(28(25)32)27-21-10-5-9-20(21)23-17-19(14-15-24(23)30-27)29-26(31)16-13-18-7-3-2-4-8-18/h2-9,11-12,14-15,17,20-21,27,30,32H,10,13,16H2,1H3,(H,29,31). The van der Waals surface area contributed by atoms with Crippen LogP contribution in [0.1, 0.15) is 41.5 Å². The van der Waals surface area contributed by atoms with E-state index in [9.17, 15) is 9.90 Å². The maximum atomic E-state index is 12.5. The van der Waals surface area contributed by atoms with Crippen LogP contribution in [0.3, 0.4) is 0 Å². The van der Waals surface area contributed by atoms with Crippen LogP contribution < -0.4 is 15.4 Å². The van der Waals surface area contributed by atoms with Gasteiger partial charge >= 0.3 is 0 Å². The lowest BCUT2D eigenvalue weighted by Crippen LogP contribution is -2.29. The van der Waals surface area contributed by atoms with Gasteiger partial charge in [-0.15, -0.1) is 0 Å². The average Bonchev–Trinajstić information content (AvgIpc) is 3.34. The molecule has 168 valence electrons. The molecule has 0 radical (unpaired) electrons. The van der Waals surface area contributed by atoms with E-state index in [4.69, 9.17) is 4.74 Å². The van der Waals surface area contributed by atoms with Gasteiger partial charge in [-0.05, 0) is 54.2 Å². The Kier molecular flexibility index (Phi) is 5.78. The summed E-state index contributed by atoms with van der Waals surface area (Å²) in [6, 6.07) is 21.7. The van der Waals surface area contributed by atoms with Crippen molar-refractivity contribution in [2.75, 3.05) is 17.7 Å². The van der Waals surface area contributed by atoms with Crippen LogP contribution in [0, 0.1) is 5.92 Å². The number of aromatic hydroxyl groups is 1. The van der Waals surface area contributed by atoms with Gasteiger partial charge in [0.2, 0.25) is 5.91 Å². The molecule has 0 saturated carbocycles. The van der Waals surface area contributed by atoms with Crippen LogP contribution in [-0.2, 0) is 11.2 Å². The van der Waals surface area contributed by atoms with Gasteiger partial charge in [0.1, 0.15) is 0 Å². The van der Waals surface area contributed by atoms with E-state index in [-0.39, 0.29) is 29.5 Å². The molecule has 1 aliphatic heterocycles. The highest BCUT2D eigenvalue weighted by Gasteiger charge is 2.39. The summed E-state index contributed by atoms with van der Waals surface area (Å²) < 4.78 is 5.32. The first-order valence-electron chi connectivity index (χ1n) is 11.4. The Morgan fingerprint density at radius 3 is 2.76 bits per heavy atom. The number of carbonyl (C=O) groups excluding carboxylic acids is 1. The number of carbonyl (C=O) groups is 1. The van der Waals surface area contributed by atoms with Crippen molar-refractivity contribution >= 4 is 17.3 Å². The summed E-state index contributed by atoms with van der Waals surface area (Å²) in [6.45, 7) is 0. The SMILES string of the molecule is COc1cccc(C2Nc3ccc(NC(=O)CCc4ccccc4)cc3C3C=CCC32)c1O. The van der Waals surface area contributed by atoms with Crippen molar-refractivity contribution in [2.24, 2.45) is 5.92 Å². The van der Waals surface area contributed by atoms with Crippen LogP contribution in [-0.4, -0.2) is 18.1 Å². The molecule has 5 nitrogen and oxygen atoms in total. The zero-order valence-electron chi connectivity index (χ0n) is 18.6. The topological polar surface area (TPSA) is 70.6 Å². The summed E-state index contributed by atoms with van der Waals surface area (Å²) in [4.78, 5) is 12.5. The molecule has 0 saturated heterocycles. The first kappa shape index (κ1) is 21.1. The second-order valence-electron chi connectivity index (χ2n) is 8.71. The van der Waals surface area contributed by atoms with Crippen LogP contribution in [0.15, 0.2) is 78.9 Å². The number of benzene rings is 3. The van der Waals surface area contributed by atoms with E-state index in [1.165, 1.54) is 5.56 Å². The summed E-state index contributed by atoms with van der Waals surface area (Å²) in [6.07, 6.45) is 6.55. The number of amides is 1. The van der Waals surface area contributed by atoms with Crippen LogP contribution in [0.2, 0.25) is 0 Å². The van der Waals surface area contributed by atoms with Gasteiger partial charge in [-0.25, -0.2) is 0 Å². The molecule has 3 atom stereocenters. The van der Waals surface area contributed by atoms with Crippen molar-refractivity contribution in [1.29, 1.82) is 0 Å². The lowest BCUT2D eigenvalue weighted by Gasteiger charge is -2.38. The molecule has 0 bridgehead atoms. The van der Waals surface area contributed by atoms with Crippen molar-refractivity contribution in [3.8, 4) is 11.5 Å². The third-order valence-electron chi connectivity index (χ3n) is 6.72. The van der Waals surface area contributed by atoms with Crippen molar-refractivity contribution in [1.82, 2.24) is 0 Å². The quantitative estimate of drug-likeness (QED) is 0.424. The van der Waals surface area contributed by atoms with Crippen molar-refractivity contribution in [3.63, 3.8) is 0 Å². The second kappa shape index (κ2) is 9.02. The Bertz CT molecular complexity index is 1190. The Labute approximate surface area is 194 Å². The third-order valence-corrected chi connectivity index (χ3v) is 6.72. The molecule has 0 spiro atoms. The van der Waals surface area contributed by atoms with Gasteiger partial charge in [-0.2, -0.15) is 0 Å². The molecule has 0 aromatic heterocycles. The lowest BCUT2D eigenvalue weighted by atomic mass is 9.76. The number of anilines is 2. The van der Waals surface area contributed by atoms with Gasteiger partial charge in [-0.3, -0.25) is 4.79 Å². The Morgan fingerprint density at radius 1 is 1.09 bits per heavy atom. The molecule has 3 aromatic rings. The maximum absolute atomic E-state index is 12.5. The van der Waals surface area contributed by atoms with Gasteiger partial charge in [0.25, 0.3) is 0 Å². The van der Waals surface area contributed by atoms with Crippen LogP contribution in [0.5, 0.6) is 11.5 Å². The second-order valence-corrected chi connectivity index (χ2v) is 8.71. The van der Waals surface area contributed by atoms with Gasteiger partial charge in [0.05, 0.1) is 13.2 Å². The minimum atomic E-state index is -0.0288. The van der Waals surface area contributed by atoms with E-state index < -0.39 is 0 Å². The highest BCUT2D eigenvalue weighted by atomic mass is 16.5. The smallest absolute Gasteiger partial charge is 0.224 e. The molecule has 3 aromatic carbocycles. The van der Waals surface area contributed by atoms with Crippen molar-refractivity contribution < 1.29 is 14.6 Å². The van der Waals surface area contributed by atoms with Crippen molar-refractivity contribution in [2.45, 2.75) is 31.2 Å². The van der Waals surface area contributed by atoms with Gasteiger partial charge in [0, 0.05) is 29.3 Å². The number of methoxy groups -OCH3 is 1. The number of rotatable bonds is 6. The fourth-order valence-corrected chi connectivity index (χ4v) is 5.06. The predicted molar refractivity (Wildman–Crippen MR) is 131 cm³/mol. The predicted octanol–water partition coefficient (Wildman–Crippen LogP) is 5.80. The molecule has 0 fully saturated rings. The number of hydrogen-bond donors (Lipinski definition) is 3. The number of aryl methyl sites for hydroxylation is 1. The zero-order valence-corrected chi connectivity index (χ0v) is 18.6. The Hall–Kier alpha value is -3.73. The number of phenolic OH excluding ortho intramolecular Hbond substituents is 1. The molecular weight excluding hydrogens is 412 g/mol. The molecule has 3 N–H and O–H groups in total. The monoisotopic (exact) mass is 440 g/mol. The number of ether oxygens (including phenoxy) is 1. The number of para-hydroxylation sites is 1. The highest BCUT2D eigenvalue weighted by Crippen LogP contribution is 2.52. The lowest BCUT2D eigenvalue weighted by molar-refractivity contribution is -0.116. The molecule has 33 heavy (non-hydrogen) atoms. The molecule has 1 amide bonds. The Balaban J connectivity index is 1.35. The van der Waals surface area contributed by atoms with E-state index in [0.29, 0.717) is 12.2 Å². The molecule has 1 heterocycles. The summed E-state index contributed by atoms with van der Waals surface area (Å²) >= 11 is 0. The van der Waals surface area contributed by atoms with Crippen LogP contribution in [0.25, 0.3) is 0 Å². The average molecular weight is 441 g/mol. The first-order chi connectivity index (χ1) is 16.1. The number of allylic oxidation sites excluding steroid dienone is 2. The largest absolute Gasteiger partial charge is 0.504 e. The summed E-state index contributed by atoms with van der Waals surface area (Å²) in [5.74, 6) is 1.18. The number of hydrogen-bond acceptors (Lipinski definition) is 4. The number of fused-ring (bicyclic) bond motifs is 3. The van der Waals surface area contributed by atoms with E-state index in [0.717, 1.165) is 35.3 Å². The molecule has 2 aliphatic rings. The van der Waals surface area contributed by atoms with E-state index in [2.05, 4.69) is 28.9 Å². The fraction of sp³-hybridized carbons (Fsp3) is 0.250. The van der Waals surface area contributed by atoms with Gasteiger partial charge in [-0.1, -0.05) is 54.6 Å².